The van der Waals surface area contributed by atoms with E-state index in [9.17, 15) is 5.11 Å². The molecular formula is C16H26BrNO2. The van der Waals surface area contributed by atoms with E-state index in [-0.39, 0.29) is 0 Å². The second-order valence-electron chi connectivity index (χ2n) is 5.55. The van der Waals surface area contributed by atoms with Crippen molar-refractivity contribution in [3.63, 3.8) is 0 Å². The summed E-state index contributed by atoms with van der Waals surface area (Å²) in [6.45, 7) is 8.00. The normalized spacial score (nSPS) is 13.2. The van der Waals surface area contributed by atoms with Gasteiger partial charge in [0.25, 0.3) is 0 Å². The highest BCUT2D eigenvalue weighted by molar-refractivity contribution is 9.10. The third-order valence-electron chi connectivity index (χ3n) is 3.19. The molecule has 0 fully saturated rings. The van der Waals surface area contributed by atoms with Crippen molar-refractivity contribution in [2.45, 2.75) is 26.4 Å². The first-order chi connectivity index (χ1) is 9.52. The van der Waals surface area contributed by atoms with Gasteiger partial charge < -0.3 is 14.7 Å². The highest BCUT2D eigenvalue weighted by Gasteiger charge is 2.12. The second kappa shape index (κ2) is 9.50. The van der Waals surface area contributed by atoms with E-state index in [1.54, 1.807) is 7.11 Å². The van der Waals surface area contributed by atoms with Crippen molar-refractivity contribution in [2.75, 3.05) is 33.4 Å². The Labute approximate surface area is 131 Å². The number of rotatable bonds is 9. The number of benzene rings is 1. The van der Waals surface area contributed by atoms with Gasteiger partial charge in [-0.05, 0) is 30.0 Å². The first kappa shape index (κ1) is 17.6. The van der Waals surface area contributed by atoms with Crippen molar-refractivity contribution in [2.24, 2.45) is 5.92 Å². The van der Waals surface area contributed by atoms with Gasteiger partial charge in [0.1, 0.15) is 0 Å². The number of nitrogens with zero attached hydrogens (tertiary/aromatic N) is 1. The second-order valence-corrected chi connectivity index (χ2v) is 6.46. The summed E-state index contributed by atoms with van der Waals surface area (Å²) >= 11 is 3.44. The van der Waals surface area contributed by atoms with Crippen molar-refractivity contribution in [3.05, 3.63) is 34.3 Å². The van der Waals surface area contributed by atoms with Crippen LogP contribution in [0.25, 0.3) is 0 Å². The van der Waals surface area contributed by atoms with Crippen LogP contribution >= 0.6 is 15.9 Å². The average molecular weight is 344 g/mol. The van der Waals surface area contributed by atoms with E-state index in [0.717, 1.165) is 42.7 Å². The molecule has 20 heavy (non-hydrogen) atoms. The number of hydrogen-bond donors (Lipinski definition) is 1. The molecule has 1 N–H and O–H groups in total. The Morgan fingerprint density at radius 1 is 1.30 bits per heavy atom. The Bertz CT molecular complexity index is 384. The van der Waals surface area contributed by atoms with Crippen LogP contribution in [-0.2, 0) is 4.74 Å². The summed E-state index contributed by atoms with van der Waals surface area (Å²) in [7, 11) is 1.73. The quantitative estimate of drug-likeness (QED) is 0.745. The minimum atomic E-state index is -0.412. The molecule has 3 nitrogen and oxygen atoms in total. The van der Waals surface area contributed by atoms with Gasteiger partial charge >= 0.3 is 0 Å². The minimum absolute atomic E-state index is 0.412. The average Bonchev–Trinajstić information content (AvgIpc) is 2.41. The molecule has 1 rings (SSSR count). The van der Waals surface area contributed by atoms with E-state index in [1.807, 2.05) is 24.3 Å². The Morgan fingerprint density at radius 2 is 2.05 bits per heavy atom. The Kier molecular flexibility index (Phi) is 8.38. The van der Waals surface area contributed by atoms with Gasteiger partial charge in [-0.25, -0.2) is 0 Å². The molecule has 0 aromatic heterocycles. The predicted octanol–water partition coefficient (Wildman–Crippen LogP) is 3.48. The van der Waals surface area contributed by atoms with E-state index in [2.05, 4.69) is 34.7 Å². The van der Waals surface area contributed by atoms with Gasteiger partial charge in [0.15, 0.2) is 0 Å². The number of aliphatic hydroxyl groups is 1. The molecular weight excluding hydrogens is 318 g/mol. The van der Waals surface area contributed by atoms with Crippen molar-refractivity contribution in [1.29, 1.82) is 0 Å². The molecule has 1 aromatic rings. The van der Waals surface area contributed by atoms with Gasteiger partial charge in [-0.2, -0.15) is 0 Å². The van der Waals surface area contributed by atoms with Gasteiger partial charge in [-0.15, -0.1) is 0 Å². The number of ether oxygens (including phenoxy) is 1. The molecule has 4 heteroatoms. The SMILES string of the molecule is COCCN(CCC(O)c1cccc(Br)c1)CC(C)C. The lowest BCUT2D eigenvalue weighted by molar-refractivity contribution is 0.111. The lowest BCUT2D eigenvalue weighted by atomic mass is 10.1. The Hall–Kier alpha value is -0.420. The molecule has 1 aromatic carbocycles. The number of aliphatic hydroxyl groups excluding tert-OH is 1. The zero-order valence-electron chi connectivity index (χ0n) is 12.7. The van der Waals surface area contributed by atoms with Gasteiger partial charge in [0, 0.05) is 31.2 Å². The molecule has 114 valence electrons. The molecule has 1 unspecified atom stereocenters. The lowest BCUT2D eigenvalue weighted by Gasteiger charge is -2.25. The maximum absolute atomic E-state index is 10.3. The van der Waals surface area contributed by atoms with E-state index >= 15 is 0 Å². The van der Waals surface area contributed by atoms with E-state index in [4.69, 9.17) is 4.74 Å². The third-order valence-corrected chi connectivity index (χ3v) is 3.68. The van der Waals surface area contributed by atoms with E-state index in [1.165, 1.54) is 0 Å². The largest absolute Gasteiger partial charge is 0.388 e. The predicted molar refractivity (Wildman–Crippen MR) is 86.9 cm³/mol. The highest BCUT2D eigenvalue weighted by atomic mass is 79.9. The highest BCUT2D eigenvalue weighted by Crippen LogP contribution is 2.21. The minimum Gasteiger partial charge on any atom is -0.388 e. The van der Waals surface area contributed by atoms with Crippen LogP contribution < -0.4 is 0 Å². The van der Waals surface area contributed by atoms with Crippen LogP contribution in [0.2, 0.25) is 0 Å². The fraction of sp³-hybridized carbons (Fsp3) is 0.625. The molecule has 1 atom stereocenters. The van der Waals surface area contributed by atoms with Gasteiger partial charge in [-0.3, -0.25) is 0 Å². The Balaban J connectivity index is 2.48. The van der Waals surface area contributed by atoms with Crippen LogP contribution in [0.3, 0.4) is 0 Å². The van der Waals surface area contributed by atoms with Crippen molar-refractivity contribution >= 4 is 15.9 Å². The van der Waals surface area contributed by atoms with Crippen LogP contribution in [0, 0.1) is 5.92 Å². The molecule has 0 saturated carbocycles. The first-order valence-corrected chi connectivity index (χ1v) is 7.97. The monoisotopic (exact) mass is 343 g/mol. The molecule has 0 spiro atoms. The topological polar surface area (TPSA) is 32.7 Å². The molecule has 0 amide bonds. The standard InChI is InChI=1S/C16H26BrNO2/c1-13(2)12-18(9-10-20-3)8-7-16(19)14-5-4-6-15(17)11-14/h4-6,11,13,16,19H,7-10,12H2,1-3H3. The molecule has 0 aliphatic rings. The summed E-state index contributed by atoms with van der Waals surface area (Å²) in [5, 5.41) is 10.3. The van der Waals surface area contributed by atoms with E-state index in [0.29, 0.717) is 5.92 Å². The number of hydrogen-bond acceptors (Lipinski definition) is 3. The van der Waals surface area contributed by atoms with Crippen LogP contribution in [0.15, 0.2) is 28.7 Å². The molecule has 0 heterocycles. The zero-order valence-corrected chi connectivity index (χ0v) is 14.3. The molecule has 0 aliphatic carbocycles. The van der Waals surface area contributed by atoms with Crippen LogP contribution in [0.5, 0.6) is 0 Å². The molecule has 0 radical (unpaired) electrons. The number of halogens is 1. The van der Waals surface area contributed by atoms with Crippen LogP contribution in [0.1, 0.15) is 31.9 Å². The summed E-state index contributed by atoms with van der Waals surface area (Å²) in [6, 6.07) is 7.88. The van der Waals surface area contributed by atoms with E-state index < -0.39 is 6.10 Å². The lowest BCUT2D eigenvalue weighted by Crippen LogP contribution is -2.32. The van der Waals surface area contributed by atoms with Gasteiger partial charge in [0.2, 0.25) is 0 Å². The first-order valence-electron chi connectivity index (χ1n) is 7.17. The summed E-state index contributed by atoms with van der Waals surface area (Å²) in [4.78, 5) is 2.36. The number of methoxy groups -OCH3 is 1. The van der Waals surface area contributed by atoms with Gasteiger partial charge in [-0.1, -0.05) is 41.9 Å². The molecule has 0 saturated heterocycles. The maximum atomic E-state index is 10.3. The Morgan fingerprint density at radius 3 is 2.65 bits per heavy atom. The smallest absolute Gasteiger partial charge is 0.0802 e. The van der Waals surface area contributed by atoms with Crippen LogP contribution in [-0.4, -0.2) is 43.4 Å². The summed E-state index contributed by atoms with van der Waals surface area (Å²) in [5.41, 5.74) is 0.968. The summed E-state index contributed by atoms with van der Waals surface area (Å²) in [6.07, 6.45) is 0.331. The summed E-state index contributed by atoms with van der Waals surface area (Å²) < 4.78 is 6.16. The van der Waals surface area contributed by atoms with Crippen LogP contribution in [0.4, 0.5) is 0 Å². The molecule has 0 bridgehead atoms. The fourth-order valence-corrected chi connectivity index (χ4v) is 2.63. The van der Waals surface area contributed by atoms with Crippen molar-refractivity contribution in [3.8, 4) is 0 Å². The van der Waals surface area contributed by atoms with Gasteiger partial charge in [0.05, 0.1) is 12.7 Å². The third kappa shape index (κ3) is 6.84. The van der Waals surface area contributed by atoms with Crippen molar-refractivity contribution in [1.82, 2.24) is 4.90 Å². The molecule has 0 aliphatic heterocycles. The fourth-order valence-electron chi connectivity index (χ4n) is 2.22. The van der Waals surface area contributed by atoms with Crippen molar-refractivity contribution < 1.29 is 9.84 Å². The maximum Gasteiger partial charge on any atom is 0.0802 e. The summed E-state index contributed by atoms with van der Waals surface area (Å²) in [5.74, 6) is 0.620. The zero-order chi connectivity index (χ0) is 15.0.